The van der Waals surface area contributed by atoms with Gasteiger partial charge in [-0.25, -0.2) is 4.79 Å². The standard InChI is InChI=1S/C8H4I2O2/c9-6-2-1-3-7(10)8(6)12-5-4-11/h1-3,5H. The van der Waals surface area contributed by atoms with Gasteiger partial charge in [-0.1, -0.05) is 6.07 Å². The van der Waals surface area contributed by atoms with E-state index in [1.807, 2.05) is 18.2 Å². The van der Waals surface area contributed by atoms with E-state index < -0.39 is 0 Å². The lowest BCUT2D eigenvalue weighted by Crippen LogP contribution is -1.88. The quantitative estimate of drug-likeness (QED) is 0.444. The Kier molecular flexibility index (Phi) is 4.03. The predicted molar refractivity (Wildman–Crippen MR) is 62.8 cm³/mol. The summed E-state index contributed by atoms with van der Waals surface area (Å²) in [5.74, 6) is 2.28. The molecule has 0 aliphatic heterocycles. The molecular weight excluding hydrogens is 382 g/mol. The largest absolute Gasteiger partial charge is 0.451 e. The van der Waals surface area contributed by atoms with Crippen LogP contribution >= 0.6 is 45.2 Å². The minimum atomic E-state index is 0.710. The lowest BCUT2D eigenvalue weighted by Gasteiger charge is -2.03. The number of halogens is 2. The van der Waals surface area contributed by atoms with Gasteiger partial charge in [-0.05, 0) is 57.3 Å². The first kappa shape index (κ1) is 10.0. The summed E-state index contributed by atoms with van der Waals surface area (Å²) in [6.07, 6.45) is 1.01. The maximum Gasteiger partial charge on any atom is 0.174 e. The molecule has 0 unspecified atom stereocenters. The van der Waals surface area contributed by atoms with Crippen LogP contribution in [-0.4, -0.2) is 5.94 Å². The van der Waals surface area contributed by atoms with Crippen molar-refractivity contribution in [2.75, 3.05) is 0 Å². The lowest BCUT2D eigenvalue weighted by atomic mass is 10.3. The molecule has 0 heterocycles. The number of rotatable bonds is 2. The zero-order valence-corrected chi connectivity index (χ0v) is 10.2. The van der Waals surface area contributed by atoms with Gasteiger partial charge in [-0.2, -0.15) is 0 Å². The van der Waals surface area contributed by atoms with Crippen molar-refractivity contribution in [3.63, 3.8) is 0 Å². The maximum atomic E-state index is 9.89. The zero-order valence-electron chi connectivity index (χ0n) is 5.88. The third-order valence-corrected chi connectivity index (χ3v) is 2.84. The molecule has 1 aromatic rings. The van der Waals surface area contributed by atoms with Gasteiger partial charge < -0.3 is 4.74 Å². The second kappa shape index (κ2) is 4.84. The molecule has 1 aromatic carbocycles. The topological polar surface area (TPSA) is 26.3 Å². The van der Waals surface area contributed by atoms with Crippen LogP contribution in [0.5, 0.6) is 5.75 Å². The van der Waals surface area contributed by atoms with Crippen LogP contribution in [0.2, 0.25) is 0 Å². The summed E-state index contributed by atoms with van der Waals surface area (Å²) in [6, 6.07) is 5.76. The number of hydrogen-bond acceptors (Lipinski definition) is 2. The molecule has 62 valence electrons. The van der Waals surface area contributed by atoms with Gasteiger partial charge in [-0.3, -0.25) is 0 Å². The lowest BCUT2D eigenvalue weighted by molar-refractivity contribution is 0.470. The van der Waals surface area contributed by atoms with Crippen LogP contribution in [0.3, 0.4) is 0 Å². The average molecular weight is 386 g/mol. The van der Waals surface area contributed by atoms with Crippen molar-refractivity contribution in [3.8, 4) is 5.75 Å². The summed E-state index contributed by atoms with van der Waals surface area (Å²) in [6.45, 7) is 0. The molecule has 0 saturated heterocycles. The van der Waals surface area contributed by atoms with E-state index in [9.17, 15) is 4.79 Å². The van der Waals surface area contributed by atoms with Gasteiger partial charge >= 0.3 is 0 Å². The van der Waals surface area contributed by atoms with Crippen LogP contribution in [0, 0.1) is 7.14 Å². The van der Waals surface area contributed by atoms with Crippen molar-refractivity contribution >= 4 is 51.1 Å². The first-order valence-electron chi connectivity index (χ1n) is 3.05. The Morgan fingerprint density at radius 1 is 1.33 bits per heavy atom. The summed E-state index contributed by atoms with van der Waals surface area (Å²) in [7, 11) is 0. The number of carbonyl (C=O) groups excluding carboxylic acids is 1. The van der Waals surface area contributed by atoms with E-state index in [1.165, 1.54) is 0 Å². The molecule has 0 saturated carbocycles. The third-order valence-electron chi connectivity index (χ3n) is 1.14. The van der Waals surface area contributed by atoms with Crippen LogP contribution in [-0.2, 0) is 4.79 Å². The fourth-order valence-corrected chi connectivity index (χ4v) is 2.44. The van der Waals surface area contributed by atoms with Crippen molar-refractivity contribution in [1.82, 2.24) is 0 Å². The highest BCUT2D eigenvalue weighted by molar-refractivity contribution is 14.1. The monoisotopic (exact) mass is 386 g/mol. The molecule has 0 bridgehead atoms. The van der Waals surface area contributed by atoms with E-state index in [2.05, 4.69) is 45.2 Å². The maximum absolute atomic E-state index is 9.89. The molecule has 0 N–H and O–H groups in total. The first-order valence-corrected chi connectivity index (χ1v) is 5.21. The van der Waals surface area contributed by atoms with Crippen molar-refractivity contribution in [2.24, 2.45) is 0 Å². The number of ether oxygens (including phenoxy) is 1. The fourth-order valence-electron chi connectivity index (χ4n) is 0.678. The molecule has 4 heteroatoms. The van der Waals surface area contributed by atoms with Gasteiger partial charge in [0.25, 0.3) is 0 Å². The molecule has 2 nitrogen and oxygen atoms in total. The van der Waals surface area contributed by atoms with E-state index in [1.54, 1.807) is 5.94 Å². The summed E-state index contributed by atoms with van der Waals surface area (Å²) in [5.41, 5.74) is 0. The zero-order chi connectivity index (χ0) is 8.97. The molecule has 1 rings (SSSR count). The van der Waals surface area contributed by atoms with Gasteiger partial charge in [0.05, 0.1) is 7.14 Å². The van der Waals surface area contributed by atoms with Crippen LogP contribution in [0.4, 0.5) is 0 Å². The van der Waals surface area contributed by atoms with Gasteiger partial charge in [0.15, 0.2) is 18.0 Å². The van der Waals surface area contributed by atoms with E-state index in [0.717, 1.165) is 13.4 Å². The summed E-state index contributed by atoms with van der Waals surface area (Å²) >= 11 is 4.29. The predicted octanol–water partition coefficient (Wildman–Crippen LogP) is 2.62. The highest BCUT2D eigenvalue weighted by Gasteiger charge is 2.03. The SMILES string of the molecule is O=C=COc1c(I)cccc1I. The molecule has 0 spiro atoms. The Balaban J connectivity index is 3.03. The first-order chi connectivity index (χ1) is 5.75. The third kappa shape index (κ3) is 2.46. The van der Waals surface area contributed by atoms with E-state index in [4.69, 9.17) is 4.74 Å². The summed E-state index contributed by atoms with van der Waals surface area (Å²) in [5, 5.41) is 0. The normalized spacial score (nSPS) is 8.83. The van der Waals surface area contributed by atoms with Crippen molar-refractivity contribution in [3.05, 3.63) is 31.6 Å². The van der Waals surface area contributed by atoms with Gasteiger partial charge in [0.2, 0.25) is 0 Å². The van der Waals surface area contributed by atoms with E-state index in [0.29, 0.717) is 5.75 Å². The summed E-state index contributed by atoms with van der Waals surface area (Å²) < 4.78 is 7.01. The molecule has 0 aromatic heterocycles. The van der Waals surface area contributed by atoms with Gasteiger partial charge in [0, 0.05) is 0 Å². The molecule has 0 amide bonds. The van der Waals surface area contributed by atoms with Crippen LogP contribution < -0.4 is 4.74 Å². The van der Waals surface area contributed by atoms with E-state index >= 15 is 0 Å². The minimum absolute atomic E-state index is 0.710. The van der Waals surface area contributed by atoms with Crippen molar-refractivity contribution < 1.29 is 9.53 Å². The van der Waals surface area contributed by atoms with Crippen LogP contribution in [0.25, 0.3) is 0 Å². The molecule has 0 fully saturated rings. The molecule has 0 aliphatic rings. The van der Waals surface area contributed by atoms with Crippen molar-refractivity contribution in [2.45, 2.75) is 0 Å². The number of benzene rings is 1. The Labute approximate surface area is 97.3 Å². The smallest absolute Gasteiger partial charge is 0.174 e. The molecular formula is C8H4I2O2. The average Bonchev–Trinajstić information content (AvgIpc) is 2.04. The van der Waals surface area contributed by atoms with Gasteiger partial charge in [0.1, 0.15) is 0 Å². The van der Waals surface area contributed by atoms with Gasteiger partial charge in [-0.15, -0.1) is 0 Å². The highest BCUT2D eigenvalue weighted by atomic mass is 127. The molecule has 0 aliphatic carbocycles. The molecule has 0 atom stereocenters. The Morgan fingerprint density at radius 3 is 2.42 bits per heavy atom. The van der Waals surface area contributed by atoms with Crippen molar-refractivity contribution in [1.29, 1.82) is 0 Å². The minimum Gasteiger partial charge on any atom is -0.451 e. The number of para-hydroxylation sites is 1. The van der Waals surface area contributed by atoms with Crippen LogP contribution in [0.1, 0.15) is 0 Å². The number of hydrogen-bond donors (Lipinski definition) is 0. The summed E-state index contributed by atoms with van der Waals surface area (Å²) in [4.78, 5) is 9.89. The fraction of sp³-hybridized carbons (Fsp3) is 0. The molecule has 12 heavy (non-hydrogen) atoms. The molecule has 0 radical (unpaired) electrons. The Hall–Kier alpha value is -0.0700. The second-order valence-electron chi connectivity index (χ2n) is 1.90. The Morgan fingerprint density at radius 2 is 1.92 bits per heavy atom. The van der Waals surface area contributed by atoms with E-state index in [-0.39, 0.29) is 0 Å². The Bertz CT molecular complexity index is 310. The second-order valence-corrected chi connectivity index (χ2v) is 4.23. The highest BCUT2D eigenvalue weighted by Crippen LogP contribution is 2.26. The van der Waals surface area contributed by atoms with Crippen LogP contribution in [0.15, 0.2) is 24.5 Å².